The highest BCUT2D eigenvalue weighted by molar-refractivity contribution is 7.13. The minimum Gasteiger partial charge on any atom is -0.497 e. The fourth-order valence-electron chi connectivity index (χ4n) is 3.11. The molecule has 1 saturated heterocycles. The summed E-state index contributed by atoms with van der Waals surface area (Å²) in [6.07, 6.45) is 5.89. The molecule has 1 aromatic heterocycles. The molecule has 1 N–H and O–H groups in total. The van der Waals surface area contributed by atoms with Gasteiger partial charge in [0.2, 0.25) is 5.91 Å². The Morgan fingerprint density at radius 3 is 2.69 bits per heavy atom. The lowest BCUT2D eigenvalue weighted by atomic mass is 10.1. The van der Waals surface area contributed by atoms with Crippen LogP contribution < -0.4 is 15.0 Å². The van der Waals surface area contributed by atoms with Crippen LogP contribution in [0, 0.1) is 0 Å². The summed E-state index contributed by atoms with van der Waals surface area (Å²) in [7, 11) is 1.65. The third kappa shape index (κ3) is 5.46. The minimum atomic E-state index is 0.0901. The number of rotatable bonds is 8. The molecule has 0 radical (unpaired) electrons. The molecule has 1 aliphatic heterocycles. The van der Waals surface area contributed by atoms with Crippen LogP contribution in [0.3, 0.4) is 0 Å². The van der Waals surface area contributed by atoms with Crippen molar-refractivity contribution in [1.29, 1.82) is 0 Å². The summed E-state index contributed by atoms with van der Waals surface area (Å²) in [4.78, 5) is 19.1. The number of hydrogen-bond donors (Lipinski definition) is 1. The number of aromatic nitrogens is 1. The van der Waals surface area contributed by atoms with Crippen LogP contribution >= 0.6 is 11.3 Å². The number of nitrogens with one attached hydrogen (secondary N) is 1. The summed E-state index contributed by atoms with van der Waals surface area (Å²) in [6.45, 7) is 2.88. The maximum Gasteiger partial charge on any atom is 0.220 e. The molecule has 1 aliphatic rings. The summed E-state index contributed by atoms with van der Waals surface area (Å²) < 4.78 is 5.14. The van der Waals surface area contributed by atoms with E-state index in [0.717, 1.165) is 48.1 Å². The van der Waals surface area contributed by atoms with E-state index in [9.17, 15) is 4.79 Å². The molecule has 0 spiro atoms. The summed E-state index contributed by atoms with van der Waals surface area (Å²) in [6, 6.07) is 7.86. The molecule has 1 fully saturated rings. The highest BCUT2D eigenvalue weighted by atomic mass is 32.1. The molecule has 6 heteroatoms. The zero-order valence-corrected chi connectivity index (χ0v) is 16.2. The van der Waals surface area contributed by atoms with Gasteiger partial charge in [-0.2, -0.15) is 0 Å². The van der Waals surface area contributed by atoms with E-state index in [0.29, 0.717) is 13.0 Å². The molecule has 3 rings (SSSR count). The van der Waals surface area contributed by atoms with Crippen molar-refractivity contribution in [2.24, 2.45) is 0 Å². The number of methoxy groups -OCH3 is 1. The standard InChI is InChI=1S/C20H27N3O2S/c1-25-18-8-5-16(6-9-18)7-10-19(24)21-12-11-17-15-26-20(22-17)23-13-3-2-4-14-23/h5-6,8-9,15H,2-4,7,10-14H2,1H3,(H,21,24). The number of nitrogens with zero attached hydrogens (tertiary/aromatic N) is 2. The lowest BCUT2D eigenvalue weighted by molar-refractivity contribution is -0.121. The number of carbonyl (C=O) groups excluding carboxylic acids is 1. The Bertz CT molecular complexity index is 693. The Balaban J connectivity index is 1.36. The highest BCUT2D eigenvalue weighted by Crippen LogP contribution is 2.24. The monoisotopic (exact) mass is 373 g/mol. The second kappa shape index (κ2) is 9.57. The van der Waals surface area contributed by atoms with Gasteiger partial charge < -0.3 is 15.0 Å². The third-order valence-corrected chi connectivity index (χ3v) is 5.62. The van der Waals surface area contributed by atoms with Crippen LogP contribution in [-0.2, 0) is 17.6 Å². The number of aryl methyl sites for hydroxylation is 1. The largest absolute Gasteiger partial charge is 0.497 e. The molecule has 140 valence electrons. The average molecular weight is 374 g/mol. The van der Waals surface area contributed by atoms with E-state index in [1.165, 1.54) is 19.3 Å². The van der Waals surface area contributed by atoms with Crippen LogP contribution in [0.4, 0.5) is 5.13 Å². The predicted octanol–water partition coefficient (Wildman–Crippen LogP) is 3.43. The Morgan fingerprint density at radius 2 is 1.96 bits per heavy atom. The van der Waals surface area contributed by atoms with Crippen molar-refractivity contribution < 1.29 is 9.53 Å². The number of hydrogen-bond acceptors (Lipinski definition) is 5. The van der Waals surface area contributed by atoms with E-state index in [1.54, 1.807) is 18.4 Å². The second-order valence-electron chi connectivity index (χ2n) is 6.62. The molecule has 0 bridgehead atoms. The molecular weight excluding hydrogens is 346 g/mol. The molecule has 2 aromatic rings. The summed E-state index contributed by atoms with van der Waals surface area (Å²) >= 11 is 1.72. The zero-order chi connectivity index (χ0) is 18.2. The smallest absolute Gasteiger partial charge is 0.220 e. The number of anilines is 1. The van der Waals surface area contributed by atoms with E-state index in [-0.39, 0.29) is 5.91 Å². The van der Waals surface area contributed by atoms with Gasteiger partial charge in [-0.05, 0) is 43.4 Å². The van der Waals surface area contributed by atoms with Crippen LogP contribution in [-0.4, -0.2) is 37.6 Å². The molecule has 26 heavy (non-hydrogen) atoms. The van der Waals surface area contributed by atoms with Crippen molar-refractivity contribution in [3.8, 4) is 5.75 Å². The van der Waals surface area contributed by atoms with E-state index in [4.69, 9.17) is 9.72 Å². The first-order chi connectivity index (χ1) is 12.7. The third-order valence-electron chi connectivity index (χ3n) is 4.67. The van der Waals surface area contributed by atoms with Gasteiger partial charge in [0.05, 0.1) is 12.8 Å². The SMILES string of the molecule is COc1ccc(CCC(=O)NCCc2csc(N3CCCCC3)n2)cc1. The summed E-state index contributed by atoms with van der Waals surface area (Å²) in [5, 5.41) is 6.25. The van der Waals surface area contributed by atoms with Crippen molar-refractivity contribution >= 4 is 22.4 Å². The van der Waals surface area contributed by atoms with Gasteiger partial charge in [0.15, 0.2) is 5.13 Å². The van der Waals surface area contributed by atoms with E-state index >= 15 is 0 Å². The lowest BCUT2D eigenvalue weighted by Crippen LogP contribution is -2.29. The van der Waals surface area contributed by atoms with Gasteiger partial charge in [0, 0.05) is 37.9 Å². The van der Waals surface area contributed by atoms with Gasteiger partial charge in [-0.3, -0.25) is 4.79 Å². The molecule has 0 aliphatic carbocycles. The number of carbonyl (C=O) groups is 1. The Labute approximate surface area is 159 Å². The van der Waals surface area contributed by atoms with Gasteiger partial charge in [-0.1, -0.05) is 12.1 Å². The molecule has 0 atom stereocenters. The molecule has 0 unspecified atom stereocenters. The van der Waals surface area contributed by atoms with Crippen molar-refractivity contribution in [1.82, 2.24) is 10.3 Å². The normalized spacial score (nSPS) is 14.3. The fraction of sp³-hybridized carbons (Fsp3) is 0.500. The maximum atomic E-state index is 12.0. The van der Waals surface area contributed by atoms with Crippen molar-refractivity contribution in [2.45, 2.75) is 38.5 Å². The highest BCUT2D eigenvalue weighted by Gasteiger charge is 2.14. The number of thiazole rings is 1. The predicted molar refractivity (Wildman–Crippen MR) is 106 cm³/mol. The molecule has 0 saturated carbocycles. The van der Waals surface area contributed by atoms with Crippen LogP contribution in [0.25, 0.3) is 0 Å². The van der Waals surface area contributed by atoms with E-state index < -0.39 is 0 Å². The number of benzene rings is 1. The van der Waals surface area contributed by atoms with E-state index in [2.05, 4.69) is 15.6 Å². The van der Waals surface area contributed by atoms with Crippen LogP contribution in [0.2, 0.25) is 0 Å². The van der Waals surface area contributed by atoms with Crippen molar-refractivity contribution in [2.75, 3.05) is 31.6 Å². The summed E-state index contributed by atoms with van der Waals surface area (Å²) in [5.41, 5.74) is 2.22. The van der Waals surface area contributed by atoms with Crippen LogP contribution in [0.5, 0.6) is 5.75 Å². The lowest BCUT2D eigenvalue weighted by Gasteiger charge is -2.25. The quantitative estimate of drug-likeness (QED) is 0.770. The van der Waals surface area contributed by atoms with Gasteiger partial charge in [-0.25, -0.2) is 4.98 Å². The van der Waals surface area contributed by atoms with Gasteiger partial charge in [0.25, 0.3) is 0 Å². The first-order valence-electron chi connectivity index (χ1n) is 9.33. The second-order valence-corrected chi connectivity index (χ2v) is 7.45. The zero-order valence-electron chi connectivity index (χ0n) is 15.4. The first-order valence-corrected chi connectivity index (χ1v) is 10.2. The Kier molecular flexibility index (Phi) is 6.89. The number of amides is 1. The fourth-order valence-corrected chi connectivity index (χ4v) is 4.02. The summed E-state index contributed by atoms with van der Waals surface area (Å²) in [5.74, 6) is 0.928. The number of ether oxygens (including phenoxy) is 1. The maximum absolute atomic E-state index is 12.0. The van der Waals surface area contributed by atoms with Crippen LogP contribution in [0.15, 0.2) is 29.6 Å². The van der Waals surface area contributed by atoms with Crippen LogP contribution in [0.1, 0.15) is 36.9 Å². The number of piperidine rings is 1. The topological polar surface area (TPSA) is 54.5 Å². The average Bonchev–Trinajstić information content (AvgIpc) is 3.16. The molecular formula is C20H27N3O2S. The molecule has 2 heterocycles. The van der Waals surface area contributed by atoms with Gasteiger partial charge >= 0.3 is 0 Å². The molecule has 5 nitrogen and oxygen atoms in total. The van der Waals surface area contributed by atoms with Crippen molar-refractivity contribution in [3.63, 3.8) is 0 Å². The van der Waals surface area contributed by atoms with Gasteiger partial charge in [-0.15, -0.1) is 11.3 Å². The minimum absolute atomic E-state index is 0.0901. The first kappa shape index (κ1) is 18.7. The molecule has 1 aromatic carbocycles. The Hall–Kier alpha value is -2.08. The molecule has 1 amide bonds. The Morgan fingerprint density at radius 1 is 1.19 bits per heavy atom. The van der Waals surface area contributed by atoms with E-state index in [1.807, 2.05) is 24.3 Å². The van der Waals surface area contributed by atoms with Crippen molar-refractivity contribution in [3.05, 3.63) is 40.9 Å². The van der Waals surface area contributed by atoms with Gasteiger partial charge in [0.1, 0.15) is 5.75 Å².